The van der Waals surface area contributed by atoms with Gasteiger partial charge in [-0.3, -0.25) is 4.79 Å². The Balaban J connectivity index is 1.66. The summed E-state index contributed by atoms with van der Waals surface area (Å²) < 4.78 is 0. The quantitative estimate of drug-likeness (QED) is 0.725. The lowest BCUT2D eigenvalue weighted by molar-refractivity contribution is -0.122. The minimum atomic E-state index is -1.01. The number of nitrogens with zero attached hydrogens (tertiary/aromatic N) is 1. The second-order valence-electron chi connectivity index (χ2n) is 4.93. The van der Waals surface area contributed by atoms with Crippen molar-refractivity contribution in [1.82, 2.24) is 15.6 Å². The Morgan fingerprint density at radius 2 is 2.20 bits per heavy atom. The molecule has 1 aromatic heterocycles. The van der Waals surface area contributed by atoms with Crippen molar-refractivity contribution in [3.05, 3.63) is 16.1 Å². The molecule has 0 radical (unpaired) electrons. The fourth-order valence-corrected chi connectivity index (χ4v) is 3.03. The van der Waals surface area contributed by atoms with Crippen LogP contribution in [0.4, 0.5) is 0 Å². The van der Waals surface area contributed by atoms with Crippen LogP contribution in [-0.2, 0) is 11.2 Å². The summed E-state index contributed by atoms with van der Waals surface area (Å²) in [5, 5.41) is 17.2. The second-order valence-corrected chi connectivity index (χ2v) is 5.87. The van der Waals surface area contributed by atoms with E-state index in [1.54, 1.807) is 0 Å². The molecule has 6 nitrogen and oxygen atoms in total. The SMILES string of the molecule is O=C(CC1CCNCC1)NCCc1nc(C(=O)O)cs1. The molecule has 1 aliphatic rings. The lowest BCUT2D eigenvalue weighted by Crippen LogP contribution is -2.33. The Morgan fingerprint density at radius 1 is 1.45 bits per heavy atom. The second kappa shape index (κ2) is 7.35. The molecule has 1 amide bonds. The summed E-state index contributed by atoms with van der Waals surface area (Å²) >= 11 is 1.31. The van der Waals surface area contributed by atoms with Crippen LogP contribution in [0.5, 0.6) is 0 Å². The lowest BCUT2D eigenvalue weighted by atomic mass is 9.94. The van der Waals surface area contributed by atoms with Crippen molar-refractivity contribution < 1.29 is 14.7 Å². The van der Waals surface area contributed by atoms with Crippen molar-refractivity contribution in [3.63, 3.8) is 0 Å². The highest BCUT2D eigenvalue weighted by Gasteiger charge is 2.16. The monoisotopic (exact) mass is 297 g/mol. The van der Waals surface area contributed by atoms with Gasteiger partial charge in [0.25, 0.3) is 0 Å². The van der Waals surface area contributed by atoms with E-state index in [4.69, 9.17) is 5.11 Å². The Hall–Kier alpha value is -1.47. The Kier molecular flexibility index (Phi) is 5.49. The molecule has 0 aliphatic carbocycles. The molecule has 2 heterocycles. The Bertz CT molecular complexity index is 469. The summed E-state index contributed by atoms with van der Waals surface area (Å²) in [6.07, 6.45) is 3.28. The van der Waals surface area contributed by atoms with Crippen LogP contribution in [0.1, 0.15) is 34.8 Å². The van der Waals surface area contributed by atoms with E-state index in [-0.39, 0.29) is 11.6 Å². The van der Waals surface area contributed by atoms with Gasteiger partial charge in [-0.1, -0.05) is 0 Å². The van der Waals surface area contributed by atoms with Gasteiger partial charge in [-0.05, 0) is 31.8 Å². The fourth-order valence-electron chi connectivity index (χ4n) is 2.25. The van der Waals surface area contributed by atoms with Gasteiger partial charge < -0.3 is 15.7 Å². The van der Waals surface area contributed by atoms with Crippen molar-refractivity contribution in [2.45, 2.75) is 25.7 Å². The van der Waals surface area contributed by atoms with Crippen molar-refractivity contribution in [3.8, 4) is 0 Å². The zero-order chi connectivity index (χ0) is 14.4. The molecule has 2 rings (SSSR count). The maximum atomic E-state index is 11.8. The van der Waals surface area contributed by atoms with Crippen LogP contribution in [0.2, 0.25) is 0 Å². The molecule has 1 aromatic rings. The maximum absolute atomic E-state index is 11.8. The Morgan fingerprint density at radius 3 is 2.85 bits per heavy atom. The average molecular weight is 297 g/mol. The number of piperidine rings is 1. The first-order valence-corrected chi connectivity index (χ1v) is 7.68. The van der Waals surface area contributed by atoms with Gasteiger partial charge in [-0.25, -0.2) is 9.78 Å². The molecular formula is C13H19N3O3S. The number of amides is 1. The summed E-state index contributed by atoms with van der Waals surface area (Å²) in [4.78, 5) is 26.4. The summed E-state index contributed by atoms with van der Waals surface area (Å²) in [6, 6.07) is 0. The standard InChI is InChI=1S/C13H19N3O3S/c17-11(7-9-1-4-14-5-2-9)15-6-3-12-16-10(8-20-12)13(18)19/h8-9,14H,1-7H2,(H,15,17)(H,18,19). The molecule has 0 unspecified atom stereocenters. The highest BCUT2D eigenvalue weighted by atomic mass is 32.1. The maximum Gasteiger partial charge on any atom is 0.355 e. The number of carboxylic acid groups (broad SMARTS) is 1. The van der Waals surface area contributed by atoms with Gasteiger partial charge in [0, 0.05) is 24.8 Å². The molecule has 20 heavy (non-hydrogen) atoms. The molecule has 7 heteroatoms. The number of thiazole rings is 1. The van der Waals surface area contributed by atoms with E-state index in [9.17, 15) is 9.59 Å². The predicted molar refractivity (Wildman–Crippen MR) is 76.0 cm³/mol. The molecule has 3 N–H and O–H groups in total. The first-order chi connectivity index (χ1) is 9.65. The van der Waals surface area contributed by atoms with E-state index >= 15 is 0 Å². The van der Waals surface area contributed by atoms with Crippen LogP contribution in [0.25, 0.3) is 0 Å². The summed E-state index contributed by atoms with van der Waals surface area (Å²) in [7, 11) is 0. The summed E-state index contributed by atoms with van der Waals surface area (Å²) in [6.45, 7) is 2.50. The number of aromatic carboxylic acids is 1. The largest absolute Gasteiger partial charge is 0.476 e. The highest BCUT2D eigenvalue weighted by Crippen LogP contribution is 2.15. The van der Waals surface area contributed by atoms with Crippen LogP contribution in [0.3, 0.4) is 0 Å². The first-order valence-electron chi connectivity index (χ1n) is 6.80. The Labute approximate surface area is 121 Å². The van der Waals surface area contributed by atoms with E-state index in [2.05, 4.69) is 15.6 Å². The van der Waals surface area contributed by atoms with Crippen molar-refractivity contribution in [2.24, 2.45) is 5.92 Å². The van der Waals surface area contributed by atoms with Gasteiger partial charge in [0.1, 0.15) is 0 Å². The molecule has 1 fully saturated rings. The minimum Gasteiger partial charge on any atom is -0.476 e. The smallest absolute Gasteiger partial charge is 0.355 e. The van der Waals surface area contributed by atoms with Gasteiger partial charge in [-0.2, -0.15) is 0 Å². The number of aromatic nitrogens is 1. The van der Waals surface area contributed by atoms with Crippen LogP contribution in [-0.4, -0.2) is 41.6 Å². The molecule has 1 saturated heterocycles. The van der Waals surface area contributed by atoms with Crippen LogP contribution in [0, 0.1) is 5.92 Å². The van der Waals surface area contributed by atoms with E-state index < -0.39 is 5.97 Å². The molecule has 0 saturated carbocycles. The van der Waals surface area contributed by atoms with E-state index in [1.807, 2.05) is 0 Å². The highest BCUT2D eigenvalue weighted by molar-refractivity contribution is 7.09. The number of rotatable bonds is 6. The number of carbonyl (C=O) groups is 2. The first kappa shape index (κ1) is 14.9. The molecule has 0 spiro atoms. The number of carboxylic acids is 1. The van der Waals surface area contributed by atoms with E-state index in [0.717, 1.165) is 30.9 Å². The van der Waals surface area contributed by atoms with Gasteiger partial charge >= 0.3 is 5.97 Å². The lowest BCUT2D eigenvalue weighted by Gasteiger charge is -2.21. The van der Waals surface area contributed by atoms with Crippen LogP contribution in [0.15, 0.2) is 5.38 Å². The van der Waals surface area contributed by atoms with Crippen molar-refractivity contribution in [2.75, 3.05) is 19.6 Å². The van der Waals surface area contributed by atoms with Crippen molar-refractivity contribution in [1.29, 1.82) is 0 Å². The molecule has 0 aromatic carbocycles. The molecule has 110 valence electrons. The molecular weight excluding hydrogens is 278 g/mol. The van der Waals surface area contributed by atoms with Gasteiger partial charge in [0.05, 0.1) is 5.01 Å². The normalized spacial score (nSPS) is 16.0. The van der Waals surface area contributed by atoms with Crippen molar-refractivity contribution >= 4 is 23.2 Å². The minimum absolute atomic E-state index is 0.0750. The third kappa shape index (κ3) is 4.57. The van der Waals surface area contributed by atoms with Gasteiger partial charge in [0.2, 0.25) is 5.91 Å². The molecule has 0 bridgehead atoms. The van der Waals surface area contributed by atoms with Gasteiger partial charge in [0.15, 0.2) is 5.69 Å². The number of nitrogens with one attached hydrogen (secondary N) is 2. The summed E-state index contributed by atoms with van der Waals surface area (Å²) in [5.41, 5.74) is 0.0750. The number of hydrogen-bond acceptors (Lipinski definition) is 5. The van der Waals surface area contributed by atoms with E-state index in [0.29, 0.717) is 25.3 Å². The molecule has 0 atom stereocenters. The molecule has 1 aliphatic heterocycles. The van der Waals surface area contributed by atoms with E-state index in [1.165, 1.54) is 16.7 Å². The number of hydrogen-bond donors (Lipinski definition) is 3. The fraction of sp³-hybridized carbons (Fsp3) is 0.615. The van der Waals surface area contributed by atoms with Gasteiger partial charge in [-0.15, -0.1) is 11.3 Å². The summed E-state index contributed by atoms with van der Waals surface area (Å²) in [5.74, 6) is -0.455. The average Bonchev–Trinajstić information content (AvgIpc) is 2.89. The third-order valence-electron chi connectivity index (χ3n) is 3.36. The third-order valence-corrected chi connectivity index (χ3v) is 4.27. The zero-order valence-corrected chi connectivity index (χ0v) is 12.0. The zero-order valence-electron chi connectivity index (χ0n) is 11.2. The van der Waals surface area contributed by atoms with Crippen LogP contribution >= 0.6 is 11.3 Å². The van der Waals surface area contributed by atoms with Crippen LogP contribution < -0.4 is 10.6 Å². The number of carbonyl (C=O) groups excluding carboxylic acids is 1. The topological polar surface area (TPSA) is 91.3 Å². The predicted octanol–water partition coefficient (Wildman–Crippen LogP) is 0.890.